The Hall–Kier alpha value is -3.26. The van der Waals surface area contributed by atoms with Crippen LogP contribution in [0.5, 0.6) is 5.75 Å². The molecule has 2 amide bonds. The van der Waals surface area contributed by atoms with E-state index in [0.717, 1.165) is 16.3 Å². The quantitative estimate of drug-likeness (QED) is 0.570. The van der Waals surface area contributed by atoms with E-state index in [0.29, 0.717) is 24.3 Å². The van der Waals surface area contributed by atoms with E-state index in [1.54, 1.807) is 31.6 Å². The fourth-order valence-electron chi connectivity index (χ4n) is 2.49. The van der Waals surface area contributed by atoms with E-state index in [1.165, 1.54) is 11.3 Å². The molecule has 0 aliphatic carbocycles. The third kappa shape index (κ3) is 5.37. The molecule has 3 rings (SSSR count). The van der Waals surface area contributed by atoms with Crippen molar-refractivity contribution in [3.8, 4) is 16.3 Å². The summed E-state index contributed by atoms with van der Waals surface area (Å²) in [5, 5.41) is 8.25. The second kappa shape index (κ2) is 9.61. The molecule has 0 radical (unpaired) electrons. The summed E-state index contributed by atoms with van der Waals surface area (Å²) < 4.78 is 5.23. The Kier molecular flexibility index (Phi) is 6.69. The highest BCUT2D eigenvalue weighted by Crippen LogP contribution is 2.26. The van der Waals surface area contributed by atoms with Gasteiger partial charge in [-0.2, -0.15) is 0 Å². The maximum absolute atomic E-state index is 12.1. The van der Waals surface area contributed by atoms with Crippen LogP contribution < -0.4 is 15.4 Å². The van der Waals surface area contributed by atoms with Gasteiger partial charge in [0.05, 0.1) is 19.2 Å². The molecule has 8 heteroatoms. The molecule has 0 saturated heterocycles. The molecular weight excluding hydrogens is 376 g/mol. The Morgan fingerprint density at radius 1 is 1.11 bits per heavy atom. The minimum atomic E-state index is -0.195. The van der Waals surface area contributed by atoms with Crippen molar-refractivity contribution < 1.29 is 14.3 Å². The number of carbonyl (C=O) groups is 2. The van der Waals surface area contributed by atoms with Gasteiger partial charge in [0.1, 0.15) is 10.8 Å². The van der Waals surface area contributed by atoms with E-state index >= 15 is 0 Å². The number of amides is 2. The third-order valence-corrected chi connectivity index (χ3v) is 4.83. The fourth-order valence-corrected chi connectivity index (χ4v) is 3.30. The minimum absolute atomic E-state index is 0.138. The molecule has 144 valence electrons. The molecule has 0 fully saturated rings. The lowest BCUT2D eigenvalue weighted by Gasteiger charge is -2.06. The van der Waals surface area contributed by atoms with E-state index in [-0.39, 0.29) is 18.2 Å². The normalized spacial score (nSPS) is 10.3. The zero-order valence-electron chi connectivity index (χ0n) is 15.3. The topological polar surface area (TPSA) is 93.2 Å². The summed E-state index contributed by atoms with van der Waals surface area (Å²) in [5.74, 6) is 0.431. The van der Waals surface area contributed by atoms with E-state index in [9.17, 15) is 9.59 Å². The molecule has 2 N–H and O–H groups in total. The summed E-state index contributed by atoms with van der Waals surface area (Å²) in [6, 6.07) is 10.9. The number of methoxy groups -OCH3 is 1. The molecule has 2 heterocycles. The molecular formula is C20H20N4O3S. The van der Waals surface area contributed by atoms with Crippen LogP contribution in [-0.2, 0) is 11.2 Å². The molecule has 0 atom stereocenters. The predicted molar refractivity (Wildman–Crippen MR) is 107 cm³/mol. The second-order valence-electron chi connectivity index (χ2n) is 5.89. The van der Waals surface area contributed by atoms with Gasteiger partial charge in [0.25, 0.3) is 5.91 Å². The Bertz CT molecular complexity index is 943. The Morgan fingerprint density at radius 2 is 1.89 bits per heavy atom. The summed E-state index contributed by atoms with van der Waals surface area (Å²) in [5.41, 5.74) is 2.20. The smallest absolute Gasteiger partial charge is 0.251 e. The number of hydrogen-bond donors (Lipinski definition) is 2. The number of ether oxygens (including phenoxy) is 1. The van der Waals surface area contributed by atoms with Gasteiger partial charge in [-0.05, 0) is 24.3 Å². The maximum atomic E-state index is 12.1. The van der Waals surface area contributed by atoms with Gasteiger partial charge in [-0.3, -0.25) is 14.6 Å². The van der Waals surface area contributed by atoms with E-state index in [1.807, 2.05) is 29.6 Å². The molecule has 0 aliphatic heterocycles. The lowest BCUT2D eigenvalue weighted by Crippen LogP contribution is -2.35. The first kappa shape index (κ1) is 19.5. The van der Waals surface area contributed by atoms with Crippen molar-refractivity contribution in [2.45, 2.75) is 6.42 Å². The molecule has 0 unspecified atom stereocenters. The predicted octanol–water partition coefficient (Wildman–Crippen LogP) is 2.30. The summed E-state index contributed by atoms with van der Waals surface area (Å²) in [6.07, 6.45) is 3.31. The van der Waals surface area contributed by atoms with Gasteiger partial charge >= 0.3 is 0 Å². The largest absolute Gasteiger partial charge is 0.497 e. The van der Waals surface area contributed by atoms with Gasteiger partial charge in [-0.25, -0.2) is 4.98 Å². The van der Waals surface area contributed by atoms with Gasteiger partial charge in [-0.15, -0.1) is 11.3 Å². The second-order valence-corrected chi connectivity index (χ2v) is 6.75. The highest BCUT2D eigenvalue weighted by Gasteiger charge is 2.10. The minimum Gasteiger partial charge on any atom is -0.497 e. The van der Waals surface area contributed by atoms with Crippen molar-refractivity contribution in [3.63, 3.8) is 0 Å². The number of thiazole rings is 1. The summed E-state index contributed by atoms with van der Waals surface area (Å²) in [7, 11) is 1.62. The van der Waals surface area contributed by atoms with Crippen LogP contribution >= 0.6 is 11.3 Å². The van der Waals surface area contributed by atoms with Crippen molar-refractivity contribution in [1.82, 2.24) is 20.6 Å². The van der Waals surface area contributed by atoms with Crippen LogP contribution in [0.3, 0.4) is 0 Å². The standard InChI is InChI=1S/C20H20N4O3S/c1-27-17-4-2-3-15(11-17)20-24-16(13-28-20)12-18(25)22-9-10-23-19(26)14-5-7-21-8-6-14/h2-8,11,13H,9-10,12H2,1H3,(H,22,25)(H,23,26). The molecule has 0 spiro atoms. The van der Waals surface area contributed by atoms with Crippen molar-refractivity contribution in [2.75, 3.05) is 20.2 Å². The molecule has 2 aromatic heterocycles. The van der Waals surface area contributed by atoms with Crippen LogP contribution in [-0.4, -0.2) is 42.0 Å². The van der Waals surface area contributed by atoms with Gasteiger partial charge in [0.2, 0.25) is 5.91 Å². The van der Waals surface area contributed by atoms with Crippen LogP contribution in [0.2, 0.25) is 0 Å². The molecule has 0 saturated carbocycles. The van der Waals surface area contributed by atoms with Gasteiger partial charge in [0.15, 0.2) is 0 Å². The van der Waals surface area contributed by atoms with Crippen LogP contribution in [0.4, 0.5) is 0 Å². The number of rotatable bonds is 8. The van der Waals surface area contributed by atoms with Crippen LogP contribution in [0, 0.1) is 0 Å². The van der Waals surface area contributed by atoms with Crippen molar-refractivity contribution in [1.29, 1.82) is 0 Å². The fraction of sp³-hybridized carbons (Fsp3) is 0.200. The lowest BCUT2D eigenvalue weighted by atomic mass is 10.2. The first-order chi connectivity index (χ1) is 13.7. The molecule has 7 nitrogen and oxygen atoms in total. The summed E-state index contributed by atoms with van der Waals surface area (Å²) in [6.45, 7) is 0.696. The number of carbonyl (C=O) groups excluding carboxylic acids is 2. The SMILES string of the molecule is COc1cccc(-c2nc(CC(=O)NCCNC(=O)c3ccncc3)cs2)c1. The number of hydrogen-bond acceptors (Lipinski definition) is 6. The number of nitrogens with one attached hydrogen (secondary N) is 2. The van der Waals surface area contributed by atoms with Gasteiger partial charge in [-0.1, -0.05) is 12.1 Å². The van der Waals surface area contributed by atoms with Crippen LogP contribution in [0.15, 0.2) is 54.2 Å². The highest BCUT2D eigenvalue weighted by molar-refractivity contribution is 7.13. The highest BCUT2D eigenvalue weighted by atomic mass is 32.1. The molecule has 1 aromatic carbocycles. The van der Waals surface area contributed by atoms with Crippen LogP contribution in [0.25, 0.3) is 10.6 Å². The van der Waals surface area contributed by atoms with Crippen molar-refractivity contribution in [3.05, 3.63) is 65.4 Å². The Balaban J connectivity index is 1.44. The van der Waals surface area contributed by atoms with Crippen LogP contribution in [0.1, 0.15) is 16.1 Å². The number of pyridine rings is 1. The maximum Gasteiger partial charge on any atom is 0.251 e. The first-order valence-electron chi connectivity index (χ1n) is 8.69. The Morgan fingerprint density at radius 3 is 2.68 bits per heavy atom. The zero-order valence-corrected chi connectivity index (χ0v) is 16.2. The number of nitrogens with zero attached hydrogens (tertiary/aromatic N) is 2. The first-order valence-corrected chi connectivity index (χ1v) is 9.57. The molecule has 0 bridgehead atoms. The van der Waals surface area contributed by atoms with Gasteiger partial charge < -0.3 is 15.4 Å². The number of benzene rings is 1. The molecule has 3 aromatic rings. The Labute approximate surface area is 166 Å². The average Bonchev–Trinajstić information content (AvgIpc) is 3.20. The monoisotopic (exact) mass is 396 g/mol. The third-order valence-electron chi connectivity index (χ3n) is 3.89. The number of aromatic nitrogens is 2. The molecule has 0 aliphatic rings. The summed E-state index contributed by atoms with van der Waals surface area (Å²) in [4.78, 5) is 32.4. The van der Waals surface area contributed by atoms with E-state index in [2.05, 4.69) is 20.6 Å². The summed E-state index contributed by atoms with van der Waals surface area (Å²) >= 11 is 1.48. The lowest BCUT2D eigenvalue weighted by molar-refractivity contribution is -0.120. The van der Waals surface area contributed by atoms with Gasteiger partial charge in [0, 0.05) is 42.0 Å². The van der Waals surface area contributed by atoms with E-state index < -0.39 is 0 Å². The average molecular weight is 396 g/mol. The molecule has 28 heavy (non-hydrogen) atoms. The zero-order chi connectivity index (χ0) is 19.8. The van der Waals surface area contributed by atoms with E-state index in [4.69, 9.17) is 4.74 Å². The van der Waals surface area contributed by atoms with Crippen molar-refractivity contribution in [2.24, 2.45) is 0 Å². The van der Waals surface area contributed by atoms with Crippen molar-refractivity contribution >= 4 is 23.2 Å².